The Balaban J connectivity index is 2.10. The Morgan fingerprint density at radius 1 is 1.25 bits per heavy atom. The van der Waals surface area contributed by atoms with Crippen molar-refractivity contribution in [3.63, 3.8) is 0 Å². The summed E-state index contributed by atoms with van der Waals surface area (Å²) in [6.45, 7) is 1.95. The van der Waals surface area contributed by atoms with Crippen molar-refractivity contribution >= 4 is 17.3 Å². The van der Waals surface area contributed by atoms with Crippen LogP contribution in [0.3, 0.4) is 0 Å². The molecule has 4 N–H and O–H groups in total. The van der Waals surface area contributed by atoms with Crippen LogP contribution in [0.4, 0.5) is 24.5 Å². The van der Waals surface area contributed by atoms with E-state index in [-0.39, 0.29) is 35.9 Å². The molecule has 3 rings (SSSR count). The number of hydrogen-bond donors (Lipinski definition) is 2. The molecule has 0 saturated heterocycles. The van der Waals surface area contributed by atoms with E-state index in [0.29, 0.717) is 22.3 Å². The lowest BCUT2D eigenvalue weighted by Gasteiger charge is -2.15. The molecule has 0 aliphatic carbocycles. The van der Waals surface area contributed by atoms with Crippen LogP contribution in [0.15, 0.2) is 42.0 Å². The normalized spacial score (nSPS) is 14.2. The number of allylic oxidation sites excluding steroid dienone is 1. The van der Waals surface area contributed by atoms with Crippen LogP contribution in [-0.2, 0) is 12.7 Å². The van der Waals surface area contributed by atoms with E-state index in [1.54, 1.807) is 19.1 Å². The topological polar surface area (TPSA) is 96.1 Å². The van der Waals surface area contributed by atoms with Gasteiger partial charge in [0.25, 0.3) is 5.91 Å². The number of nitrogen functional groups attached to an aromatic ring is 2. The van der Waals surface area contributed by atoms with E-state index in [9.17, 15) is 18.0 Å². The fraction of sp³-hybridized carbons (Fsp3) is 0.200. The number of halogens is 3. The van der Waals surface area contributed by atoms with Gasteiger partial charge in [0.05, 0.1) is 23.7 Å². The predicted octanol–water partition coefficient (Wildman–Crippen LogP) is 3.96. The third-order valence-corrected chi connectivity index (χ3v) is 4.72. The second kappa shape index (κ2) is 6.93. The van der Waals surface area contributed by atoms with Gasteiger partial charge in [-0.3, -0.25) is 4.79 Å². The maximum absolute atomic E-state index is 13.2. The predicted molar refractivity (Wildman–Crippen MR) is 99.8 cm³/mol. The average Bonchev–Trinajstić information content (AvgIpc) is 2.97. The van der Waals surface area contributed by atoms with Gasteiger partial charge >= 0.3 is 6.18 Å². The molecule has 0 bridgehead atoms. The lowest BCUT2D eigenvalue weighted by Crippen LogP contribution is -2.26. The lowest BCUT2D eigenvalue weighted by molar-refractivity contribution is -0.136. The van der Waals surface area contributed by atoms with Crippen molar-refractivity contribution < 1.29 is 18.0 Å². The molecular weight excluding hydrogens is 369 g/mol. The SMILES string of the molecule is C/C=C(\C#N)CN1Cc2c(-c3ccc(N)c(C(F)(F)F)c3)ccc(N)c2C1=O. The number of nitriles is 1. The zero-order valence-electron chi connectivity index (χ0n) is 15.0. The molecule has 2 aromatic carbocycles. The molecule has 0 radical (unpaired) electrons. The van der Waals surface area contributed by atoms with Gasteiger partial charge in [-0.2, -0.15) is 18.4 Å². The summed E-state index contributed by atoms with van der Waals surface area (Å²) in [6.07, 6.45) is -2.98. The molecule has 1 aliphatic heterocycles. The van der Waals surface area contributed by atoms with Crippen molar-refractivity contribution in [3.05, 3.63) is 58.7 Å². The number of fused-ring (bicyclic) bond motifs is 1. The van der Waals surface area contributed by atoms with Crippen molar-refractivity contribution in [2.24, 2.45) is 0 Å². The van der Waals surface area contributed by atoms with E-state index in [1.165, 1.54) is 23.1 Å². The Bertz CT molecular complexity index is 1030. The van der Waals surface area contributed by atoms with Crippen molar-refractivity contribution in [2.75, 3.05) is 18.0 Å². The van der Waals surface area contributed by atoms with Crippen LogP contribution in [0.2, 0.25) is 0 Å². The van der Waals surface area contributed by atoms with E-state index in [2.05, 4.69) is 0 Å². The molecular formula is C20H17F3N4O. The molecule has 0 aromatic heterocycles. The van der Waals surface area contributed by atoms with Crippen LogP contribution in [0.5, 0.6) is 0 Å². The summed E-state index contributed by atoms with van der Waals surface area (Å²) in [5, 5.41) is 9.11. The van der Waals surface area contributed by atoms with Gasteiger partial charge in [-0.25, -0.2) is 0 Å². The first-order valence-electron chi connectivity index (χ1n) is 8.40. The van der Waals surface area contributed by atoms with Crippen molar-refractivity contribution in [1.82, 2.24) is 4.90 Å². The highest BCUT2D eigenvalue weighted by molar-refractivity contribution is 6.05. The van der Waals surface area contributed by atoms with Gasteiger partial charge in [0, 0.05) is 23.5 Å². The molecule has 1 aliphatic rings. The first-order valence-corrected chi connectivity index (χ1v) is 8.40. The van der Waals surface area contributed by atoms with Gasteiger partial charge in [0.1, 0.15) is 0 Å². The molecule has 1 amide bonds. The lowest BCUT2D eigenvalue weighted by atomic mass is 9.94. The molecule has 0 atom stereocenters. The maximum atomic E-state index is 13.2. The summed E-state index contributed by atoms with van der Waals surface area (Å²) in [5.41, 5.74) is 12.4. The molecule has 0 spiro atoms. The first-order chi connectivity index (χ1) is 13.2. The summed E-state index contributed by atoms with van der Waals surface area (Å²) in [4.78, 5) is 14.2. The molecule has 0 unspecified atom stereocenters. The summed E-state index contributed by atoms with van der Waals surface area (Å²) in [5.74, 6) is -0.351. The number of carbonyl (C=O) groups is 1. The highest BCUT2D eigenvalue weighted by Crippen LogP contribution is 2.40. The molecule has 8 heteroatoms. The Hall–Kier alpha value is -3.47. The van der Waals surface area contributed by atoms with Gasteiger partial charge in [0.2, 0.25) is 0 Å². The summed E-state index contributed by atoms with van der Waals surface area (Å²) < 4.78 is 39.7. The Morgan fingerprint density at radius 3 is 2.54 bits per heavy atom. The van der Waals surface area contributed by atoms with Crippen molar-refractivity contribution in [1.29, 1.82) is 5.26 Å². The minimum absolute atomic E-state index is 0.106. The largest absolute Gasteiger partial charge is 0.418 e. The molecule has 144 valence electrons. The summed E-state index contributed by atoms with van der Waals surface area (Å²) in [6, 6.07) is 8.76. The van der Waals surface area contributed by atoms with Crippen molar-refractivity contribution in [2.45, 2.75) is 19.6 Å². The minimum atomic E-state index is -4.59. The Kier molecular flexibility index (Phi) is 4.77. The van der Waals surface area contributed by atoms with Crippen LogP contribution in [0.25, 0.3) is 11.1 Å². The third kappa shape index (κ3) is 3.27. The molecule has 2 aromatic rings. The highest BCUT2D eigenvalue weighted by Gasteiger charge is 2.35. The number of carbonyl (C=O) groups excluding carboxylic acids is 1. The molecule has 0 fully saturated rings. The summed E-state index contributed by atoms with van der Waals surface area (Å²) in [7, 11) is 0. The average molecular weight is 386 g/mol. The first kappa shape index (κ1) is 19.3. The van der Waals surface area contributed by atoms with Gasteiger partial charge in [-0.15, -0.1) is 0 Å². The minimum Gasteiger partial charge on any atom is -0.398 e. The van der Waals surface area contributed by atoms with Crippen LogP contribution in [0.1, 0.15) is 28.4 Å². The number of rotatable bonds is 3. The monoisotopic (exact) mass is 386 g/mol. The van der Waals surface area contributed by atoms with Crippen LogP contribution in [-0.4, -0.2) is 17.4 Å². The summed E-state index contributed by atoms with van der Waals surface area (Å²) >= 11 is 0. The van der Waals surface area contributed by atoms with E-state index in [4.69, 9.17) is 16.7 Å². The zero-order chi connectivity index (χ0) is 20.6. The Morgan fingerprint density at radius 2 is 1.93 bits per heavy atom. The second-order valence-electron chi connectivity index (χ2n) is 6.44. The van der Waals surface area contributed by atoms with Crippen LogP contribution < -0.4 is 11.5 Å². The number of nitrogens with two attached hydrogens (primary N) is 2. The molecule has 5 nitrogen and oxygen atoms in total. The van der Waals surface area contributed by atoms with Gasteiger partial charge in [0.15, 0.2) is 0 Å². The second-order valence-corrected chi connectivity index (χ2v) is 6.44. The quantitative estimate of drug-likeness (QED) is 0.616. The highest BCUT2D eigenvalue weighted by atomic mass is 19.4. The molecule has 1 heterocycles. The Labute approximate surface area is 159 Å². The van der Waals surface area contributed by atoms with E-state index in [0.717, 1.165) is 6.07 Å². The van der Waals surface area contributed by atoms with E-state index >= 15 is 0 Å². The van der Waals surface area contributed by atoms with E-state index < -0.39 is 11.7 Å². The van der Waals surface area contributed by atoms with Gasteiger partial charge in [-0.05, 0) is 41.8 Å². The number of benzene rings is 2. The van der Waals surface area contributed by atoms with Crippen LogP contribution >= 0.6 is 0 Å². The van der Waals surface area contributed by atoms with Crippen molar-refractivity contribution in [3.8, 4) is 17.2 Å². The zero-order valence-corrected chi connectivity index (χ0v) is 15.0. The number of alkyl halides is 3. The number of anilines is 2. The smallest absolute Gasteiger partial charge is 0.398 e. The molecule has 0 saturated carbocycles. The van der Waals surface area contributed by atoms with E-state index in [1.807, 2.05) is 6.07 Å². The standard InChI is InChI=1S/C20H17F3N4O/c1-2-11(8-24)9-27-10-14-13(4-6-17(26)18(14)19(27)28)12-3-5-16(25)15(7-12)20(21,22)23/h2-7H,9-10,25-26H2,1H3/b11-2+. The number of nitrogens with zero attached hydrogens (tertiary/aromatic N) is 2. The van der Waals surface area contributed by atoms with Gasteiger partial charge < -0.3 is 16.4 Å². The maximum Gasteiger partial charge on any atom is 0.418 e. The van der Waals surface area contributed by atoms with Gasteiger partial charge in [-0.1, -0.05) is 18.2 Å². The third-order valence-electron chi connectivity index (χ3n) is 4.72. The number of amides is 1. The fourth-order valence-electron chi connectivity index (χ4n) is 3.27. The number of hydrogen-bond acceptors (Lipinski definition) is 4. The van der Waals surface area contributed by atoms with Crippen LogP contribution in [0, 0.1) is 11.3 Å². The fourth-order valence-corrected chi connectivity index (χ4v) is 3.27. The molecule has 28 heavy (non-hydrogen) atoms.